The predicted molar refractivity (Wildman–Crippen MR) is 59.3 cm³/mol. The van der Waals surface area contributed by atoms with Crippen LogP contribution in [0.1, 0.15) is 18.7 Å². The molecule has 2 rings (SSSR count). The Morgan fingerprint density at radius 1 is 1.73 bits per heavy atom. The fraction of sp³-hybridized carbons (Fsp3) is 0.600. The number of hydrogen-bond donors (Lipinski definition) is 1. The summed E-state index contributed by atoms with van der Waals surface area (Å²) >= 11 is 0. The van der Waals surface area contributed by atoms with Crippen molar-refractivity contribution in [1.82, 2.24) is 14.5 Å². The van der Waals surface area contributed by atoms with Gasteiger partial charge in [0.2, 0.25) is 0 Å². The molecule has 1 fully saturated rings. The summed E-state index contributed by atoms with van der Waals surface area (Å²) in [5.41, 5.74) is 5.86. The lowest BCUT2D eigenvalue weighted by Gasteiger charge is -2.16. The number of nitrogens with two attached hydrogens (primary N) is 1. The number of guanidine groups is 1. The summed E-state index contributed by atoms with van der Waals surface area (Å²) in [5.74, 6) is 1.54. The van der Waals surface area contributed by atoms with Crippen LogP contribution in [0.5, 0.6) is 0 Å². The van der Waals surface area contributed by atoms with E-state index in [0.717, 1.165) is 5.82 Å². The standard InChI is InChI=1S/C10H17N5/c1-14-6-5-12-9(14)7-13-10(11)15(2)8-3-4-8/h5-6,8H,3-4,7H2,1-2H3,(H2,11,13). The summed E-state index contributed by atoms with van der Waals surface area (Å²) in [7, 11) is 3.95. The summed E-state index contributed by atoms with van der Waals surface area (Å²) in [6.07, 6.45) is 6.14. The highest BCUT2D eigenvalue weighted by Crippen LogP contribution is 2.24. The first-order valence-corrected chi connectivity index (χ1v) is 5.17. The fourth-order valence-corrected chi connectivity index (χ4v) is 1.46. The summed E-state index contributed by atoms with van der Waals surface area (Å²) in [4.78, 5) is 10.6. The van der Waals surface area contributed by atoms with Crippen molar-refractivity contribution in [3.05, 3.63) is 18.2 Å². The van der Waals surface area contributed by atoms with Crippen LogP contribution in [-0.4, -0.2) is 33.5 Å². The first kappa shape index (κ1) is 10.0. The van der Waals surface area contributed by atoms with Gasteiger partial charge in [0.15, 0.2) is 5.96 Å². The molecule has 15 heavy (non-hydrogen) atoms. The highest BCUT2D eigenvalue weighted by molar-refractivity contribution is 5.78. The van der Waals surface area contributed by atoms with E-state index < -0.39 is 0 Å². The lowest BCUT2D eigenvalue weighted by atomic mass is 10.5. The van der Waals surface area contributed by atoms with Gasteiger partial charge in [-0.25, -0.2) is 9.98 Å². The third-order valence-electron chi connectivity index (χ3n) is 2.76. The van der Waals surface area contributed by atoms with E-state index in [1.165, 1.54) is 12.8 Å². The Hall–Kier alpha value is -1.52. The van der Waals surface area contributed by atoms with Gasteiger partial charge in [0.05, 0.1) is 0 Å². The number of aromatic nitrogens is 2. The summed E-state index contributed by atoms with van der Waals surface area (Å²) in [6, 6.07) is 0.607. The van der Waals surface area contributed by atoms with E-state index in [-0.39, 0.29) is 0 Å². The normalized spacial score (nSPS) is 16.8. The molecule has 1 aromatic heterocycles. The predicted octanol–water partition coefficient (Wildman–Crippen LogP) is 0.329. The van der Waals surface area contributed by atoms with Crippen molar-refractivity contribution < 1.29 is 0 Å². The molecule has 1 aliphatic rings. The highest BCUT2D eigenvalue weighted by atomic mass is 15.3. The molecule has 0 radical (unpaired) electrons. The molecule has 0 aromatic carbocycles. The molecule has 0 bridgehead atoms. The minimum absolute atomic E-state index is 0.548. The quantitative estimate of drug-likeness (QED) is 0.574. The molecule has 0 aliphatic heterocycles. The first-order valence-electron chi connectivity index (χ1n) is 5.17. The Kier molecular flexibility index (Phi) is 2.62. The van der Waals surface area contributed by atoms with E-state index in [1.807, 2.05) is 29.8 Å². The Morgan fingerprint density at radius 3 is 3.00 bits per heavy atom. The topological polar surface area (TPSA) is 59.4 Å². The molecule has 1 heterocycles. The molecule has 1 aromatic rings. The van der Waals surface area contributed by atoms with Gasteiger partial charge in [-0.3, -0.25) is 0 Å². The number of hydrogen-bond acceptors (Lipinski definition) is 2. The largest absolute Gasteiger partial charge is 0.370 e. The lowest BCUT2D eigenvalue weighted by Crippen LogP contribution is -2.35. The van der Waals surface area contributed by atoms with Gasteiger partial charge >= 0.3 is 0 Å². The van der Waals surface area contributed by atoms with E-state index in [4.69, 9.17) is 5.73 Å². The molecule has 0 unspecified atom stereocenters. The monoisotopic (exact) mass is 207 g/mol. The van der Waals surface area contributed by atoms with Gasteiger partial charge < -0.3 is 15.2 Å². The molecule has 0 atom stereocenters. The number of aryl methyl sites for hydroxylation is 1. The average molecular weight is 207 g/mol. The third kappa shape index (κ3) is 2.29. The molecule has 0 saturated heterocycles. The van der Waals surface area contributed by atoms with E-state index >= 15 is 0 Å². The minimum atomic E-state index is 0.548. The van der Waals surface area contributed by atoms with Crippen molar-refractivity contribution in [1.29, 1.82) is 0 Å². The van der Waals surface area contributed by atoms with Crippen LogP contribution in [0.4, 0.5) is 0 Å². The zero-order valence-corrected chi connectivity index (χ0v) is 9.22. The van der Waals surface area contributed by atoms with Crippen LogP contribution in [0.2, 0.25) is 0 Å². The van der Waals surface area contributed by atoms with Crippen LogP contribution < -0.4 is 5.73 Å². The van der Waals surface area contributed by atoms with E-state index in [0.29, 0.717) is 18.5 Å². The maximum atomic E-state index is 5.86. The molecular formula is C10H17N5. The second-order valence-corrected chi connectivity index (χ2v) is 3.97. The SMILES string of the molecule is CN(C(N)=NCc1nccn1C)C1CC1. The van der Waals surface area contributed by atoms with Crippen LogP contribution in [0.25, 0.3) is 0 Å². The zero-order valence-electron chi connectivity index (χ0n) is 9.22. The maximum absolute atomic E-state index is 5.86. The van der Waals surface area contributed by atoms with Gasteiger partial charge in [-0.05, 0) is 12.8 Å². The van der Waals surface area contributed by atoms with Gasteiger partial charge in [-0.15, -0.1) is 0 Å². The van der Waals surface area contributed by atoms with Crippen LogP contribution >= 0.6 is 0 Å². The number of aliphatic imine (C=N–C) groups is 1. The fourth-order valence-electron chi connectivity index (χ4n) is 1.46. The summed E-state index contributed by atoms with van der Waals surface area (Å²) in [6.45, 7) is 0.548. The summed E-state index contributed by atoms with van der Waals surface area (Å²) < 4.78 is 1.95. The molecule has 1 saturated carbocycles. The molecule has 5 nitrogen and oxygen atoms in total. The van der Waals surface area contributed by atoms with Crippen molar-refractivity contribution in [2.24, 2.45) is 17.8 Å². The lowest BCUT2D eigenvalue weighted by molar-refractivity contribution is 0.486. The Labute approximate surface area is 89.6 Å². The van der Waals surface area contributed by atoms with Gasteiger partial charge in [0, 0.05) is 32.5 Å². The second kappa shape index (κ2) is 3.92. The maximum Gasteiger partial charge on any atom is 0.191 e. The van der Waals surface area contributed by atoms with Crippen LogP contribution in [-0.2, 0) is 13.6 Å². The van der Waals surface area contributed by atoms with Crippen molar-refractivity contribution in [2.45, 2.75) is 25.4 Å². The van der Waals surface area contributed by atoms with Crippen molar-refractivity contribution in [3.8, 4) is 0 Å². The van der Waals surface area contributed by atoms with Crippen LogP contribution in [0.3, 0.4) is 0 Å². The van der Waals surface area contributed by atoms with Crippen molar-refractivity contribution in [2.75, 3.05) is 7.05 Å². The van der Waals surface area contributed by atoms with Crippen LogP contribution in [0.15, 0.2) is 17.4 Å². The van der Waals surface area contributed by atoms with Gasteiger partial charge in [-0.1, -0.05) is 0 Å². The van der Waals surface area contributed by atoms with Gasteiger partial charge in [-0.2, -0.15) is 0 Å². The molecule has 0 amide bonds. The Bertz CT molecular complexity index is 364. The molecular weight excluding hydrogens is 190 g/mol. The second-order valence-electron chi connectivity index (χ2n) is 3.97. The molecule has 82 valence electrons. The number of rotatable bonds is 3. The van der Waals surface area contributed by atoms with Crippen molar-refractivity contribution in [3.63, 3.8) is 0 Å². The van der Waals surface area contributed by atoms with Crippen LogP contribution in [0, 0.1) is 0 Å². The van der Waals surface area contributed by atoms with Gasteiger partial charge in [0.25, 0.3) is 0 Å². The molecule has 2 N–H and O–H groups in total. The van der Waals surface area contributed by atoms with E-state index in [9.17, 15) is 0 Å². The average Bonchev–Trinajstić information content (AvgIpc) is 2.99. The zero-order chi connectivity index (χ0) is 10.8. The number of imidazole rings is 1. The first-order chi connectivity index (χ1) is 7.18. The van der Waals surface area contributed by atoms with Gasteiger partial charge in [0.1, 0.15) is 12.4 Å². The summed E-state index contributed by atoms with van der Waals surface area (Å²) in [5, 5.41) is 0. The number of nitrogens with zero attached hydrogens (tertiary/aromatic N) is 4. The smallest absolute Gasteiger partial charge is 0.191 e. The van der Waals surface area contributed by atoms with Crippen molar-refractivity contribution >= 4 is 5.96 Å². The molecule has 1 aliphatic carbocycles. The van der Waals surface area contributed by atoms with E-state index in [2.05, 4.69) is 9.98 Å². The Balaban J connectivity index is 1.95. The Morgan fingerprint density at radius 2 is 2.47 bits per heavy atom. The molecule has 5 heteroatoms. The molecule has 0 spiro atoms. The third-order valence-corrected chi connectivity index (χ3v) is 2.76. The highest BCUT2D eigenvalue weighted by Gasteiger charge is 2.27. The minimum Gasteiger partial charge on any atom is -0.370 e. The van der Waals surface area contributed by atoms with E-state index in [1.54, 1.807) is 6.20 Å².